The number of anilines is 1. The molecule has 1 atom stereocenters. The molecule has 17 heavy (non-hydrogen) atoms. The van der Waals surface area contributed by atoms with Crippen molar-refractivity contribution in [2.75, 3.05) is 16.8 Å². The van der Waals surface area contributed by atoms with E-state index in [-0.39, 0.29) is 11.8 Å². The minimum Gasteiger partial charge on any atom is -0.343 e. The number of aromatic nitrogens is 1. The summed E-state index contributed by atoms with van der Waals surface area (Å²) in [6.07, 6.45) is 0.477. The molecule has 2 heterocycles. The third-order valence-electron chi connectivity index (χ3n) is 2.26. The summed E-state index contributed by atoms with van der Waals surface area (Å²) >= 11 is 3.00. The average Bonchev–Trinajstić information content (AvgIpc) is 2.56. The molecule has 1 aromatic rings. The van der Waals surface area contributed by atoms with Crippen LogP contribution in [0.25, 0.3) is 0 Å². The van der Waals surface area contributed by atoms with Crippen molar-refractivity contribution in [2.24, 2.45) is 0 Å². The van der Waals surface area contributed by atoms with E-state index in [9.17, 15) is 9.59 Å². The third-order valence-corrected chi connectivity index (χ3v) is 4.20. The minimum absolute atomic E-state index is 0.0644. The number of hydrogen-bond acceptors (Lipinski definition) is 5. The van der Waals surface area contributed by atoms with E-state index in [2.05, 4.69) is 15.6 Å². The van der Waals surface area contributed by atoms with Gasteiger partial charge in [0.1, 0.15) is 6.04 Å². The van der Waals surface area contributed by atoms with E-state index in [1.165, 1.54) is 11.3 Å². The topological polar surface area (TPSA) is 71.1 Å². The Balaban J connectivity index is 1.96. The molecule has 0 radical (unpaired) electrons. The lowest BCUT2D eigenvalue weighted by atomic mass is 10.3. The van der Waals surface area contributed by atoms with Gasteiger partial charge in [-0.1, -0.05) is 0 Å². The van der Waals surface area contributed by atoms with E-state index in [0.29, 0.717) is 17.3 Å². The van der Waals surface area contributed by atoms with Gasteiger partial charge in [-0.25, -0.2) is 4.98 Å². The zero-order valence-corrected chi connectivity index (χ0v) is 11.0. The van der Waals surface area contributed by atoms with Crippen molar-refractivity contribution < 1.29 is 9.59 Å². The molecule has 92 valence electrons. The van der Waals surface area contributed by atoms with Crippen LogP contribution in [0, 0.1) is 6.92 Å². The van der Waals surface area contributed by atoms with Crippen molar-refractivity contribution in [1.82, 2.24) is 10.3 Å². The van der Waals surface area contributed by atoms with Gasteiger partial charge in [-0.05, 0) is 6.92 Å². The van der Waals surface area contributed by atoms with Crippen LogP contribution in [0.5, 0.6) is 0 Å². The Morgan fingerprint density at radius 3 is 3.18 bits per heavy atom. The Hall–Kier alpha value is -1.08. The largest absolute Gasteiger partial charge is 0.343 e. The monoisotopic (exact) mass is 271 g/mol. The molecule has 2 rings (SSSR count). The highest BCUT2D eigenvalue weighted by Crippen LogP contribution is 2.16. The highest BCUT2D eigenvalue weighted by molar-refractivity contribution is 7.99. The molecule has 2 amide bonds. The number of thiazole rings is 1. The summed E-state index contributed by atoms with van der Waals surface area (Å²) < 4.78 is 0. The number of nitrogens with zero attached hydrogens (tertiary/aromatic N) is 1. The first-order chi connectivity index (χ1) is 8.15. The van der Waals surface area contributed by atoms with Gasteiger partial charge in [0.25, 0.3) is 0 Å². The van der Waals surface area contributed by atoms with Crippen LogP contribution in [0.1, 0.15) is 12.1 Å². The predicted molar refractivity (Wildman–Crippen MR) is 69.4 cm³/mol. The van der Waals surface area contributed by atoms with E-state index < -0.39 is 6.04 Å². The molecule has 0 aromatic carbocycles. The highest BCUT2D eigenvalue weighted by atomic mass is 32.2. The van der Waals surface area contributed by atoms with Gasteiger partial charge in [-0.2, -0.15) is 11.8 Å². The number of carbonyl (C=O) groups is 2. The van der Waals surface area contributed by atoms with Crippen LogP contribution >= 0.6 is 23.1 Å². The van der Waals surface area contributed by atoms with E-state index in [1.807, 2.05) is 12.3 Å². The van der Waals surface area contributed by atoms with Gasteiger partial charge in [0.05, 0.1) is 5.69 Å². The molecule has 0 saturated carbocycles. The first-order valence-corrected chi connectivity index (χ1v) is 7.28. The van der Waals surface area contributed by atoms with E-state index in [0.717, 1.165) is 11.4 Å². The van der Waals surface area contributed by atoms with Gasteiger partial charge in [0, 0.05) is 23.3 Å². The maximum atomic E-state index is 11.9. The summed E-state index contributed by atoms with van der Waals surface area (Å²) in [6.45, 7) is 1.87. The number of thioether (sulfide) groups is 1. The van der Waals surface area contributed by atoms with Crippen LogP contribution in [0.4, 0.5) is 5.13 Å². The minimum atomic E-state index is -0.459. The number of carbonyl (C=O) groups excluding carboxylic acids is 2. The maximum absolute atomic E-state index is 11.9. The normalized spacial score (nSPS) is 20.5. The van der Waals surface area contributed by atoms with Gasteiger partial charge >= 0.3 is 0 Å². The Morgan fingerprint density at radius 1 is 1.65 bits per heavy atom. The number of amides is 2. The first-order valence-electron chi connectivity index (χ1n) is 5.25. The van der Waals surface area contributed by atoms with Crippen molar-refractivity contribution in [3.8, 4) is 0 Å². The fourth-order valence-corrected chi connectivity index (χ4v) is 3.08. The summed E-state index contributed by atoms with van der Waals surface area (Å²) in [4.78, 5) is 27.4. The van der Waals surface area contributed by atoms with Crippen LogP contribution in [0.3, 0.4) is 0 Å². The second-order valence-corrected chi connectivity index (χ2v) is 5.74. The second kappa shape index (κ2) is 5.50. The van der Waals surface area contributed by atoms with Gasteiger partial charge in [-0.15, -0.1) is 11.3 Å². The quantitative estimate of drug-likeness (QED) is 0.842. The van der Waals surface area contributed by atoms with E-state index >= 15 is 0 Å². The van der Waals surface area contributed by atoms with Crippen LogP contribution in [0.15, 0.2) is 5.38 Å². The van der Waals surface area contributed by atoms with E-state index in [4.69, 9.17) is 0 Å². The van der Waals surface area contributed by atoms with Gasteiger partial charge in [0.15, 0.2) is 5.13 Å². The van der Waals surface area contributed by atoms with Gasteiger partial charge in [0.2, 0.25) is 11.8 Å². The summed E-state index contributed by atoms with van der Waals surface area (Å²) in [5, 5.41) is 7.88. The van der Waals surface area contributed by atoms with Crippen LogP contribution in [-0.2, 0) is 9.59 Å². The molecule has 0 bridgehead atoms. The smallest absolute Gasteiger partial charge is 0.249 e. The number of aryl methyl sites for hydroxylation is 1. The lowest BCUT2D eigenvalue weighted by Crippen LogP contribution is -2.44. The summed E-state index contributed by atoms with van der Waals surface area (Å²) in [6, 6.07) is -0.459. The van der Waals surface area contributed by atoms with Crippen molar-refractivity contribution >= 4 is 40.0 Å². The third kappa shape index (κ3) is 3.44. The molecule has 0 unspecified atom stereocenters. The maximum Gasteiger partial charge on any atom is 0.249 e. The van der Waals surface area contributed by atoms with Crippen molar-refractivity contribution in [1.29, 1.82) is 0 Å². The molecule has 7 heteroatoms. The fourth-order valence-electron chi connectivity index (χ4n) is 1.42. The van der Waals surface area contributed by atoms with Gasteiger partial charge < -0.3 is 10.6 Å². The van der Waals surface area contributed by atoms with Crippen LogP contribution in [-0.4, -0.2) is 34.3 Å². The van der Waals surface area contributed by atoms with Crippen LogP contribution in [0.2, 0.25) is 0 Å². The molecule has 1 fully saturated rings. The Morgan fingerprint density at radius 2 is 2.47 bits per heavy atom. The molecule has 1 aromatic heterocycles. The zero-order chi connectivity index (χ0) is 12.3. The molecule has 0 aliphatic carbocycles. The molecule has 1 aliphatic rings. The molecule has 1 aliphatic heterocycles. The zero-order valence-electron chi connectivity index (χ0n) is 9.36. The number of hydrogen-bond donors (Lipinski definition) is 2. The fraction of sp³-hybridized carbons (Fsp3) is 0.500. The first kappa shape index (κ1) is 12.4. The van der Waals surface area contributed by atoms with E-state index in [1.54, 1.807) is 11.8 Å². The molecule has 0 spiro atoms. The molecule has 5 nitrogen and oxygen atoms in total. The lowest BCUT2D eigenvalue weighted by molar-refractivity contribution is -0.125. The van der Waals surface area contributed by atoms with Crippen LogP contribution < -0.4 is 10.6 Å². The Labute approximate surface area is 107 Å². The second-order valence-electron chi connectivity index (χ2n) is 3.73. The molecular weight excluding hydrogens is 258 g/mol. The van der Waals surface area contributed by atoms with Crippen molar-refractivity contribution in [2.45, 2.75) is 19.4 Å². The van der Waals surface area contributed by atoms with Crippen molar-refractivity contribution in [3.05, 3.63) is 11.1 Å². The predicted octanol–water partition coefficient (Wildman–Crippen LogP) is 1.01. The molecule has 2 N–H and O–H groups in total. The highest BCUT2D eigenvalue weighted by Gasteiger charge is 2.23. The van der Waals surface area contributed by atoms with Crippen molar-refractivity contribution in [3.63, 3.8) is 0 Å². The Bertz CT molecular complexity index is 433. The lowest BCUT2D eigenvalue weighted by Gasteiger charge is -2.13. The average molecular weight is 271 g/mol. The SMILES string of the molecule is Cc1csc(NC(=O)[C@H]2CSCCC(=O)N2)n1. The number of rotatable bonds is 2. The summed E-state index contributed by atoms with van der Waals surface area (Å²) in [5.41, 5.74) is 0.879. The Kier molecular flexibility index (Phi) is 4.01. The standard InChI is InChI=1S/C10H13N3O2S2/c1-6-4-17-10(11-6)13-9(15)7-5-16-3-2-8(14)12-7/h4,7H,2-3,5H2,1H3,(H,12,14)(H,11,13,15)/t7-/m1/s1. The summed E-state index contributed by atoms with van der Waals surface area (Å²) in [7, 11) is 0. The number of nitrogens with one attached hydrogen (secondary N) is 2. The summed E-state index contributed by atoms with van der Waals surface area (Å²) in [5.74, 6) is 1.13. The molecular formula is C10H13N3O2S2. The molecule has 1 saturated heterocycles. The van der Waals surface area contributed by atoms with Gasteiger partial charge in [-0.3, -0.25) is 9.59 Å².